The van der Waals surface area contributed by atoms with Gasteiger partial charge in [0.1, 0.15) is 5.56 Å². The predicted octanol–water partition coefficient (Wildman–Crippen LogP) is 2.08. The summed E-state index contributed by atoms with van der Waals surface area (Å²) in [6, 6.07) is 2.59. The Morgan fingerprint density at radius 2 is 1.92 bits per heavy atom. The summed E-state index contributed by atoms with van der Waals surface area (Å²) >= 11 is 0. The van der Waals surface area contributed by atoms with Crippen LogP contribution in [0.5, 0.6) is 11.5 Å². The van der Waals surface area contributed by atoms with Gasteiger partial charge in [-0.25, -0.2) is 0 Å². The Balaban J connectivity index is 3.74. The fraction of sp³-hybridized carbons (Fsp3) is 0.429. The highest BCUT2D eigenvalue weighted by molar-refractivity contribution is 5.75. The van der Waals surface area contributed by atoms with Crippen LogP contribution in [0.3, 0.4) is 0 Å². The predicted molar refractivity (Wildman–Crippen MR) is 82.5 cm³/mol. The molecule has 0 bridgehead atoms. The summed E-state index contributed by atoms with van der Waals surface area (Å²) in [7, 11) is 2.28. The van der Waals surface area contributed by atoms with E-state index in [-0.39, 0.29) is 18.1 Å². The van der Waals surface area contributed by atoms with Crippen molar-refractivity contribution < 1.29 is 28.9 Å². The molecule has 0 saturated heterocycles. The molecule has 25 heavy (non-hydrogen) atoms. The van der Waals surface area contributed by atoms with Gasteiger partial charge in [0, 0.05) is 0 Å². The van der Waals surface area contributed by atoms with Crippen LogP contribution in [-0.4, -0.2) is 36.6 Å². The third-order valence-corrected chi connectivity index (χ3v) is 3.22. The molecule has 1 unspecified atom stereocenters. The van der Waals surface area contributed by atoms with Gasteiger partial charge in [0.05, 0.1) is 55.1 Å². The maximum Gasteiger partial charge on any atom is 0.326 e. The van der Waals surface area contributed by atoms with Crippen molar-refractivity contribution in [2.45, 2.75) is 19.3 Å². The van der Waals surface area contributed by atoms with E-state index in [1.54, 1.807) is 13.0 Å². The van der Waals surface area contributed by atoms with Gasteiger partial charge >= 0.3 is 11.7 Å². The van der Waals surface area contributed by atoms with Gasteiger partial charge in [0.2, 0.25) is 5.75 Å². The van der Waals surface area contributed by atoms with Gasteiger partial charge in [-0.2, -0.15) is 5.26 Å². The van der Waals surface area contributed by atoms with Gasteiger partial charge in [0.15, 0.2) is 5.75 Å². The lowest BCUT2D eigenvalue weighted by atomic mass is 9.93. The number of methoxy groups -OCH3 is 2. The Labute approximate surface area is 142 Å². The van der Waals surface area contributed by atoms with E-state index >= 15 is 0 Å². The lowest BCUT2D eigenvalue weighted by Crippen LogP contribution is -2.13. The Kier molecular flexibility index (Phi) is 6.62. The second-order valence-corrected chi connectivity index (χ2v) is 4.60. The fourth-order valence-corrected chi connectivity index (χ4v) is 2.25. The zero-order chi connectivity index (χ0) is 19.1. The van der Waals surface area contributed by atoms with Crippen molar-refractivity contribution in [1.29, 1.82) is 5.26 Å². The lowest BCUT2D eigenvalue weighted by Gasteiger charge is -2.14. The minimum absolute atomic E-state index is 0.0348. The second kappa shape index (κ2) is 8.44. The van der Waals surface area contributed by atoms with E-state index in [0.717, 1.165) is 20.3 Å². The molecule has 0 amide bonds. The van der Waals surface area contributed by atoms with Crippen molar-refractivity contribution in [3.05, 3.63) is 31.9 Å². The molecule has 0 spiro atoms. The molecule has 0 saturated carbocycles. The maximum absolute atomic E-state index is 11.7. The number of nitrogens with zero attached hydrogens (tertiary/aromatic N) is 3. The summed E-state index contributed by atoms with van der Waals surface area (Å²) < 4.78 is 14.5. The van der Waals surface area contributed by atoms with Gasteiger partial charge in [-0.1, -0.05) is 0 Å². The molecule has 1 rings (SSSR count). The number of nitro benzene ring substituents is 2. The first-order valence-corrected chi connectivity index (χ1v) is 6.95. The molecular formula is C14H15N3O8. The van der Waals surface area contributed by atoms with E-state index in [1.807, 2.05) is 0 Å². The number of carbonyl (C=O) groups is 1. The Hall–Kier alpha value is -3.42. The molecule has 0 radical (unpaired) electrons. The van der Waals surface area contributed by atoms with Crippen LogP contribution >= 0.6 is 0 Å². The number of carbonyl (C=O) groups excluding carboxylic acids is 1. The van der Waals surface area contributed by atoms with Crippen LogP contribution in [0.1, 0.15) is 24.8 Å². The number of nitro groups is 2. The molecule has 0 fully saturated rings. The average molecular weight is 353 g/mol. The van der Waals surface area contributed by atoms with Crippen LogP contribution in [0.2, 0.25) is 0 Å². The highest BCUT2D eigenvalue weighted by Crippen LogP contribution is 2.48. The van der Waals surface area contributed by atoms with Crippen LogP contribution < -0.4 is 9.47 Å². The number of nitriles is 1. The number of hydrogen-bond acceptors (Lipinski definition) is 9. The zero-order valence-corrected chi connectivity index (χ0v) is 13.7. The first-order chi connectivity index (χ1) is 11.8. The Morgan fingerprint density at radius 3 is 2.32 bits per heavy atom. The van der Waals surface area contributed by atoms with Crippen LogP contribution in [0.25, 0.3) is 0 Å². The number of benzene rings is 1. The highest BCUT2D eigenvalue weighted by atomic mass is 16.6. The number of esters is 1. The number of rotatable bonds is 8. The minimum Gasteiger partial charge on any atom is -0.492 e. The largest absolute Gasteiger partial charge is 0.492 e. The van der Waals surface area contributed by atoms with E-state index in [2.05, 4.69) is 0 Å². The molecule has 1 aromatic rings. The van der Waals surface area contributed by atoms with E-state index in [0.29, 0.717) is 0 Å². The van der Waals surface area contributed by atoms with Crippen molar-refractivity contribution in [3.8, 4) is 17.6 Å². The van der Waals surface area contributed by atoms with Crippen LogP contribution in [0.15, 0.2) is 6.07 Å². The van der Waals surface area contributed by atoms with Crippen LogP contribution in [0.4, 0.5) is 11.4 Å². The highest BCUT2D eigenvalue weighted by Gasteiger charge is 2.39. The topological polar surface area (TPSA) is 155 Å². The Morgan fingerprint density at radius 1 is 1.28 bits per heavy atom. The van der Waals surface area contributed by atoms with Crippen molar-refractivity contribution in [1.82, 2.24) is 0 Å². The first kappa shape index (κ1) is 19.6. The SMILES string of the molecule is CCOC(=O)CC(C#N)c1c([N+](=O)[O-])cc(OC)c(OC)c1[N+](=O)[O-]. The minimum atomic E-state index is -1.47. The third-order valence-electron chi connectivity index (χ3n) is 3.22. The molecule has 0 heterocycles. The monoisotopic (exact) mass is 353 g/mol. The summed E-state index contributed by atoms with van der Waals surface area (Å²) in [5.74, 6) is -2.90. The lowest BCUT2D eigenvalue weighted by molar-refractivity contribution is -0.396. The summed E-state index contributed by atoms with van der Waals surface area (Å²) in [6.45, 7) is 1.58. The second-order valence-electron chi connectivity index (χ2n) is 4.60. The van der Waals surface area contributed by atoms with E-state index in [4.69, 9.17) is 14.2 Å². The molecule has 0 aliphatic rings. The Bertz CT molecular complexity index is 741. The quantitative estimate of drug-likeness (QED) is 0.388. The summed E-state index contributed by atoms with van der Waals surface area (Å²) in [5.41, 5.74) is -2.06. The van der Waals surface area contributed by atoms with Crippen molar-refractivity contribution >= 4 is 17.3 Å². The van der Waals surface area contributed by atoms with Gasteiger partial charge in [-0.15, -0.1) is 0 Å². The normalized spacial score (nSPS) is 11.1. The van der Waals surface area contributed by atoms with Crippen molar-refractivity contribution in [2.24, 2.45) is 0 Å². The number of ether oxygens (including phenoxy) is 3. The smallest absolute Gasteiger partial charge is 0.326 e. The van der Waals surface area contributed by atoms with E-state index < -0.39 is 45.1 Å². The van der Waals surface area contributed by atoms with Gasteiger partial charge in [0.25, 0.3) is 5.69 Å². The molecule has 0 aliphatic carbocycles. The van der Waals surface area contributed by atoms with E-state index in [9.17, 15) is 30.3 Å². The van der Waals surface area contributed by atoms with Gasteiger partial charge in [-0.05, 0) is 6.92 Å². The molecular weight excluding hydrogens is 338 g/mol. The van der Waals surface area contributed by atoms with Crippen LogP contribution in [0, 0.1) is 31.6 Å². The molecule has 0 N–H and O–H groups in total. The van der Waals surface area contributed by atoms with Crippen LogP contribution in [-0.2, 0) is 9.53 Å². The molecule has 11 heteroatoms. The molecule has 1 aromatic carbocycles. The van der Waals surface area contributed by atoms with Gasteiger partial charge < -0.3 is 14.2 Å². The molecule has 134 valence electrons. The molecule has 0 aromatic heterocycles. The average Bonchev–Trinajstić information content (AvgIpc) is 2.57. The van der Waals surface area contributed by atoms with Gasteiger partial charge in [-0.3, -0.25) is 25.0 Å². The summed E-state index contributed by atoms with van der Waals surface area (Å²) in [6.07, 6.45) is -0.582. The fourth-order valence-electron chi connectivity index (χ4n) is 2.25. The molecule has 0 aliphatic heterocycles. The maximum atomic E-state index is 11.7. The first-order valence-electron chi connectivity index (χ1n) is 6.95. The van der Waals surface area contributed by atoms with E-state index in [1.165, 1.54) is 0 Å². The van der Waals surface area contributed by atoms with Crippen molar-refractivity contribution in [3.63, 3.8) is 0 Å². The van der Waals surface area contributed by atoms with Crippen molar-refractivity contribution in [2.75, 3.05) is 20.8 Å². The molecule has 1 atom stereocenters. The third kappa shape index (κ3) is 4.11. The summed E-state index contributed by atoms with van der Waals surface area (Å²) in [5, 5.41) is 32.2. The molecule has 11 nitrogen and oxygen atoms in total. The standard InChI is InChI=1S/C14H15N3O8/c1-4-25-11(18)5-8(7-15)12-9(16(19)20)6-10(23-2)14(24-3)13(12)17(21)22/h6,8H,4-5H2,1-3H3. The zero-order valence-electron chi connectivity index (χ0n) is 13.7. The summed E-state index contributed by atoms with van der Waals surface area (Å²) in [4.78, 5) is 32.7. The number of hydrogen-bond donors (Lipinski definition) is 0.